The lowest BCUT2D eigenvalue weighted by Crippen LogP contribution is -2.36. The minimum atomic E-state index is -0.0189. The fraction of sp³-hybridized carbons (Fsp3) is 0.545. The van der Waals surface area contributed by atoms with Crippen LogP contribution < -0.4 is 5.32 Å². The molecule has 0 fully saturated rings. The van der Waals surface area contributed by atoms with Crippen molar-refractivity contribution in [3.63, 3.8) is 0 Å². The summed E-state index contributed by atoms with van der Waals surface area (Å²) in [6.45, 7) is 3.33. The van der Waals surface area contributed by atoms with Crippen LogP contribution in [0.1, 0.15) is 11.1 Å². The summed E-state index contributed by atoms with van der Waals surface area (Å²) in [5.74, 6) is 0. The first-order chi connectivity index (χ1) is 7.27. The predicted molar refractivity (Wildman–Crippen MR) is 58.6 cm³/mol. The number of aliphatic hydroxyl groups excluding tert-OH is 1. The molecule has 1 rings (SSSR count). The van der Waals surface area contributed by atoms with E-state index in [1.54, 1.807) is 13.3 Å². The van der Waals surface area contributed by atoms with Crippen LogP contribution in [0.25, 0.3) is 0 Å². The second kappa shape index (κ2) is 6.50. The second-order valence-corrected chi connectivity index (χ2v) is 3.52. The van der Waals surface area contributed by atoms with Crippen molar-refractivity contribution in [2.75, 3.05) is 20.3 Å². The smallest absolute Gasteiger partial charge is 0.0638 e. The van der Waals surface area contributed by atoms with Gasteiger partial charge in [-0.05, 0) is 24.1 Å². The zero-order valence-corrected chi connectivity index (χ0v) is 9.23. The molecule has 0 aromatic carbocycles. The third-order valence-corrected chi connectivity index (χ3v) is 2.32. The van der Waals surface area contributed by atoms with Crippen LogP contribution in [0.5, 0.6) is 0 Å². The first-order valence-corrected chi connectivity index (χ1v) is 5.00. The summed E-state index contributed by atoms with van der Waals surface area (Å²) < 4.78 is 4.98. The van der Waals surface area contributed by atoms with E-state index in [0.29, 0.717) is 13.2 Å². The van der Waals surface area contributed by atoms with Gasteiger partial charge in [-0.25, -0.2) is 0 Å². The van der Waals surface area contributed by atoms with E-state index < -0.39 is 0 Å². The number of rotatable bonds is 6. The van der Waals surface area contributed by atoms with E-state index in [9.17, 15) is 0 Å². The van der Waals surface area contributed by atoms with Crippen LogP contribution in [0.2, 0.25) is 0 Å². The predicted octanol–water partition coefficient (Wildman–Crippen LogP) is 0.487. The number of hydrogen-bond acceptors (Lipinski definition) is 4. The fourth-order valence-electron chi connectivity index (χ4n) is 1.31. The first-order valence-electron chi connectivity index (χ1n) is 5.00. The quantitative estimate of drug-likeness (QED) is 0.717. The van der Waals surface area contributed by atoms with Crippen LogP contribution in [0.4, 0.5) is 0 Å². The molecule has 0 saturated heterocycles. The van der Waals surface area contributed by atoms with E-state index in [2.05, 4.69) is 10.3 Å². The Morgan fingerprint density at radius 3 is 3.00 bits per heavy atom. The van der Waals surface area contributed by atoms with Crippen molar-refractivity contribution < 1.29 is 9.84 Å². The molecule has 0 radical (unpaired) electrons. The van der Waals surface area contributed by atoms with Crippen molar-refractivity contribution in [3.05, 3.63) is 29.6 Å². The van der Waals surface area contributed by atoms with Crippen LogP contribution in [0, 0.1) is 6.92 Å². The normalized spacial score (nSPS) is 12.7. The summed E-state index contributed by atoms with van der Waals surface area (Å²) >= 11 is 0. The van der Waals surface area contributed by atoms with E-state index >= 15 is 0 Å². The molecule has 0 saturated carbocycles. The molecule has 0 spiro atoms. The highest BCUT2D eigenvalue weighted by atomic mass is 16.5. The average Bonchev–Trinajstić information content (AvgIpc) is 2.26. The molecule has 1 unspecified atom stereocenters. The Hall–Kier alpha value is -0.970. The summed E-state index contributed by atoms with van der Waals surface area (Å²) in [5, 5.41) is 12.3. The van der Waals surface area contributed by atoms with Gasteiger partial charge in [-0.1, -0.05) is 0 Å². The molecular formula is C11H18N2O2. The zero-order valence-electron chi connectivity index (χ0n) is 9.23. The average molecular weight is 210 g/mol. The summed E-state index contributed by atoms with van der Waals surface area (Å²) in [7, 11) is 1.62. The van der Waals surface area contributed by atoms with Gasteiger partial charge in [0.15, 0.2) is 0 Å². The molecule has 15 heavy (non-hydrogen) atoms. The Morgan fingerprint density at radius 2 is 2.40 bits per heavy atom. The van der Waals surface area contributed by atoms with Crippen LogP contribution in [-0.4, -0.2) is 36.5 Å². The lowest BCUT2D eigenvalue weighted by molar-refractivity contribution is 0.128. The van der Waals surface area contributed by atoms with Crippen LogP contribution in [-0.2, 0) is 11.3 Å². The molecule has 1 atom stereocenters. The number of aliphatic hydroxyl groups is 1. The van der Waals surface area contributed by atoms with Crippen molar-refractivity contribution in [1.29, 1.82) is 0 Å². The summed E-state index contributed by atoms with van der Waals surface area (Å²) in [4.78, 5) is 4.06. The van der Waals surface area contributed by atoms with Crippen LogP contribution in [0.3, 0.4) is 0 Å². The van der Waals surface area contributed by atoms with Crippen LogP contribution in [0.15, 0.2) is 18.5 Å². The van der Waals surface area contributed by atoms with Crippen LogP contribution >= 0.6 is 0 Å². The highest BCUT2D eigenvalue weighted by Gasteiger charge is 2.06. The van der Waals surface area contributed by atoms with Gasteiger partial charge in [-0.3, -0.25) is 4.98 Å². The van der Waals surface area contributed by atoms with Crippen molar-refractivity contribution >= 4 is 0 Å². The molecule has 0 amide bonds. The molecule has 84 valence electrons. The van der Waals surface area contributed by atoms with Gasteiger partial charge in [0.05, 0.1) is 19.3 Å². The number of pyridine rings is 1. The lowest BCUT2D eigenvalue weighted by Gasteiger charge is -2.15. The molecule has 1 aromatic rings. The maximum atomic E-state index is 9.05. The number of nitrogens with zero attached hydrogens (tertiary/aromatic N) is 1. The molecule has 4 heteroatoms. The monoisotopic (exact) mass is 210 g/mol. The second-order valence-electron chi connectivity index (χ2n) is 3.52. The number of nitrogens with one attached hydrogen (secondary N) is 1. The fourth-order valence-corrected chi connectivity index (χ4v) is 1.31. The molecule has 0 aliphatic rings. The van der Waals surface area contributed by atoms with Gasteiger partial charge >= 0.3 is 0 Å². The Balaban J connectivity index is 2.45. The molecular weight excluding hydrogens is 192 g/mol. The summed E-state index contributed by atoms with van der Waals surface area (Å²) in [6.07, 6.45) is 3.61. The maximum Gasteiger partial charge on any atom is 0.0638 e. The van der Waals surface area contributed by atoms with Gasteiger partial charge in [0, 0.05) is 26.0 Å². The Labute approximate surface area is 90.3 Å². The van der Waals surface area contributed by atoms with Crippen molar-refractivity contribution in [1.82, 2.24) is 10.3 Å². The minimum Gasteiger partial charge on any atom is -0.395 e. The van der Waals surface area contributed by atoms with E-state index in [1.165, 1.54) is 5.56 Å². The summed E-state index contributed by atoms with van der Waals surface area (Å²) in [5.41, 5.74) is 2.35. The lowest BCUT2D eigenvalue weighted by atomic mass is 10.1. The highest BCUT2D eigenvalue weighted by molar-refractivity contribution is 5.21. The van der Waals surface area contributed by atoms with Gasteiger partial charge in [-0.2, -0.15) is 0 Å². The number of aryl methyl sites for hydroxylation is 1. The molecule has 4 nitrogen and oxygen atoms in total. The third-order valence-electron chi connectivity index (χ3n) is 2.32. The molecule has 1 heterocycles. The molecule has 0 bridgehead atoms. The standard InChI is InChI=1S/C11H18N2O2/c1-9-3-4-12-5-10(9)6-13-11(7-14)8-15-2/h3-5,11,13-14H,6-8H2,1-2H3. The van der Waals surface area contributed by atoms with E-state index in [-0.39, 0.29) is 12.6 Å². The summed E-state index contributed by atoms with van der Waals surface area (Å²) in [6, 6.07) is 1.95. The molecule has 2 N–H and O–H groups in total. The minimum absolute atomic E-state index is 0.0189. The molecule has 0 aliphatic heterocycles. The van der Waals surface area contributed by atoms with Gasteiger partial charge < -0.3 is 15.2 Å². The first kappa shape index (κ1) is 12.1. The Morgan fingerprint density at radius 1 is 1.60 bits per heavy atom. The van der Waals surface area contributed by atoms with Gasteiger partial charge in [0.2, 0.25) is 0 Å². The maximum absolute atomic E-state index is 9.05. The Bertz CT molecular complexity index is 292. The highest BCUT2D eigenvalue weighted by Crippen LogP contribution is 2.04. The van der Waals surface area contributed by atoms with E-state index in [0.717, 1.165) is 5.56 Å². The number of methoxy groups -OCH3 is 1. The van der Waals surface area contributed by atoms with Crippen molar-refractivity contribution in [2.24, 2.45) is 0 Å². The molecule has 1 aromatic heterocycles. The number of aromatic nitrogens is 1. The van der Waals surface area contributed by atoms with Gasteiger partial charge in [0.25, 0.3) is 0 Å². The largest absolute Gasteiger partial charge is 0.395 e. The zero-order chi connectivity index (χ0) is 11.1. The van der Waals surface area contributed by atoms with Crippen molar-refractivity contribution in [2.45, 2.75) is 19.5 Å². The SMILES string of the molecule is COCC(CO)NCc1cnccc1C. The van der Waals surface area contributed by atoms with Gasteiger partial charge in [-0.15, -0.1) is 0 Å². The topological polar surface area (TPSA) is 54.4 Å². The van der Waals surface area contributed by atoms with E-state index in [1.807, 2.05) is 19.2 Å². The molecule has 0 aliphatic carbocycles. The van der Waals surface area contributed by atoms with E-state index in [4.69, 9.17) is 9.84 Å². The van der Waals surface area contributed by atoms with Crippen molar-refractivity contribution in [3.8, 4) is 0 Å². The Kier molecular flexibility index (Phi) is 5.25. The number of ether oxygens (including phenoxy) is 1. The number of hydrogen-bond donors (Lipinski definition) is 2. The van der Waals surface area contributed by atoms with Gasteiger partial charge in [0.1, 0.15) is 0 Å². The third kappa shape index (κ3) is 3.95.